The van der Waals surface area contributed by atoms with E-state index in [2.05, 4.69) is 18.3 Å². The van der Waals surface area contributed by atoms with Gasteiger partial charge in [-0.05, 0) is 19.3 Å². The molecule has 0 atom stereocenters. The van der Waals surface area contributed by atoms with Crippen molar-refractivity contribution < 1.29 is 4.84 Å². The Morgan fingerprint density at radius 3 is 2.91 bits per heavy atom. The zero-order chi connectivity index (χ0) is 7.94. The molecule has 1 radical (unpaired) electrons. The van der Waals surface area contributed by atoms with Gasteiger partial charge in [-0.3, -0.25) is 0 Å². The molecule has 1 aliphatic rings. The average Bonchev–Trinajstić information content (AvgIpc) is 2.80. The highest BCUT2D eigenvalue weighted by molar-refractivity contribution is 5.62. The molecule has 0 amide bonds. The number of unbranched alkanes of at least 4 members (excludes halogenated alkanes) is 2. The molecule has 0 N–H and O–H groups in total. The lowest BCUT2D eigenvalue weighted by Gasteiger charge is -1.95. The van der Waals surface area contributed by atoms with E-state index in [9.17, 15) is 0 Å². The molecule has 11 heavy (non-hydrogen) atoms. The van der Waals surface area contributed by atoms with Gasteiger partial charge >= 0.3 is 0 Å². The largest absolute Gasteiger partial charge is 0.396 e. The highest BCUT2D eigenvalue weighted by Gasteiger charge is 2.19. The van der Waals surface area contributed by atoms with Crippen molar-refractivity contribution in [2.45, 2.75) is 39.0 Å². The van der Waals surface area contributed by atoms with Crippen LogP contribution in [0.5, 0.6) is 0 Å². The molecule has 0 bridgehead atoms. The zero-order valence-electron chi connectivity index (χ0n) is 7.18. The van der Waals surface area contributed by atoms with Crippen molar-refractivity contribution >= 4 is 6.21 Å². The van der Waals surface area contributed by atoms with E-state index in [1.165, 1.54) is 25.7 Å². The maximum atomic E-state index is 5.00. The van der Waals surface area contributed by atoms with E-state index in [0.717, 1.165) is 13.0 Å². The fourth-order valence-corrected chi connectivity index (χ4v) is 0.786. The Bertz CT molecular complexity index is 119. The van der Waals surface area contributed by atoms with E-state index in [0.29, 0.717) is 5.92 Å². The highest BCUT2D eigenvalue weighted by Crippen LogP contribution is 2.26. The second-order valence-electron chi connectivity index (χ2n) is 3.03. The van der Waals surface area contributed by atoms with Crippen molar-refractivity contribution in [3.05, 3.63) is 0 Å². The van der Waals surface area contributed by atoms with Gasteiger partial charge in [0.05, 0.1) is 0 Å². The predicted molar refractivity (Wildman–Crippen MR) is 45.6 cm³/mol. The molecule has 1 aliphatic carbocycles. The Morgan fingerprint density at radius 2 is 2.27 bits per heavy atom. The Labute approximate surface area is 68.6 Å². The second-order valence-corrected chi connectivity index (χ2v) is 3.03. The van der Waals surface area contributed by atoms with Gasteiger partial charge in [-0.1, -0.05) is 24.9 Å². The van der Waals surface area contributed by atoms with Crippen LogP contribution in [0.1, 0.15) is 39.0 Å². The van der Waals surface area contributed by atoms with Crippen molar-refractivity contribution in [1.82, 2.24) is 0 Å². The van der Waals surface area contributed by atoms with Crippen molar-refractivity contribution in [2.75, 3.05) is 6.61 Å². The highest BCUT2D eigenvalue weighted by atomic mass is 16.6. The lowest BCUT2D eigenvalue weighted by Crippen LogP contribution is -1.88. The molecule has 1 rings (SSSR count). The minimum absolute atomic E-state index is 0.612. The lowest BCUT2D eigenvalue weighted by atomic mass is 10.3. The maximum absolute atomic E-state index is 5.00. The Kier molecular flexibility index (Phi) is 4.02. The topological polar surface area (TPSA) is 21.6 Å². The molecule has 0 aromatic rings. The van der Waals surface area contributed by atoms with E-state index in [4.69, 9.17) is 4.84 Å². The molecule has 0 aromatic carbocycles. The average molecular weight is 154 g/mol. The van der Waals surface area contributed by atoms with E-state index in [1.807, 2.05) is 0 Å². The third-order valence-corrected chi connectivity index (χ3v) is 1.72. The SMILES string of the molecule is CCCCCO/N=[C]/C1CC1. The summed E-state index contributed by atoms with van der Waals surface area (Å²) < 4.78 is 0. The van der Waals surface area contributed by atoms with Crippen LogP contribution in [0.3, 0.4) is 0 Å². The standard InChI is InChI=1S/C9H16NO/c1-2-3-4-7-11-10-8-9-5-6-9/h9H,2-7H2,1H3. The van der Waals surface area contributed by atoms with Gasteiger partial charge in [0.1, 0.15) is 12.8 Å². The predicted octanol–water partition coefficient (Wildman–Crippen LogP) is 2.47. The molecular weight excluding hydrogens is 138 g/mol. The van der Waals surface area contributed by atoms with Crippen LogP contribution in [0.4, 0.5) is 0 Å². The fourth-order valence-electron chi connectivity index (χ4n) is 0.786. The normalized spacial score (nSPS) is 17.5. The van der Waals surface area contributed by atoms with Crippen molar-refractivity contribution in [2.24, 2.45) is 11.1 Å². The lowest BCUT2D eigenvalue weighted by molar-refractivity contribution is 0.141. The summed E-state index contributed by atoms with van der Waals surface area (Å²) >= 11 is 0. The van der Waals surface area contributed by atoms with Gasteiger partial charge in [0.2, 0.25) is 0 Å². The van der Waals surface area contributed by atoms with Crippen LogP contribution in [-0.4, -0.2) is 12.8 Å². The first-order valence-electron chi connectivity index (χ1n) is 4.51. The number of hydrogen-bond donors (Lipinski definition) is 0. The van der Waals surface area contributed by atoms with Crippen molar-refractivity contribution in [1.29, 1.82) is 0 Å². The quantitative estimate of drug-likeness (QED) is 0.327. The molecule has 0 aliphatic heterocycles. The summed E-state index contributed by atoms with van der Waals surface area (Å²) in [6, 6.07) is 0. The van der Waals surface area contributed by atoms with Crippen LogP contribution in [0.25, 0.3) is 0 Å². The van der Waals surface area contributed by atoms with Crippen molar-refractivity contribution in [3.8, 4) is 0 Å². The van der Waals surface area contributed by atoms with Gasteiger partial charge < -0.3 is 4.84 Å². The number of hydrogen-bond acceptors (Lipinski definition) is 2. The summed E-state index contributed by atoms with van der Waals surface area (Å²) in [6.45, 7) is 2.94. The van der Waals surface area contributed by atoms with Crippen LogP contribution in [0, 0.1) is 5.92 Å². The summed E-state index contributed by atoms with van der Waals surface area (Å²) in [5, 5.41) is 3.76. The third-order valence-electron chi connectivity index (χ3n) is 1.72. The summed E-state index contributed by atoms with van der Waals surface area (Å²) in [7, 11) is 0. The minimum atomic E-state index is 0.612. The molecule has 0 unspecified atom stereocenters. The number of nitrogens with zero attached hydrogens (tertiary/aromatic N) is 1. The maximum Gasteiger partial charge on any atom is 0.117 e. The fraction of sp³-hybridized carbons (Fsp3) is 0.889. The first-order valence-corrected chi connectivity index (χ1v) is 4.51. The summed E-state index contributed by atoms with van der Waals surface area (Å²) in [4.78, 5) is 5.00. The smallest absolute Gasteiger partial charge is 0.117 e. The minimum Gasteiger partial charge on any atom is -0.396 e. The van der Waals surface area contributed by atoms with Crippen molar-refractivity contribution in [3.63, 3.8) is 0 Å². The summed E-state index contributed by atoms with van der Waals surface area (Å²) in [5.41, 5.74) is 0. The monoisotopic (exact) mass is 154 g/mol. The van der Waals surface area contributed by atoms with Gasteiger partial charge in [-0.2, -0.15) is 0 Å². The van der Waals surface area contributed by atoms with Crippen LogP contribution in [0.2, 0.25) is 0 Å². The summed E-state index contributed by atoms with van der Waals surface area (Å²) in [5.74, 6) is 0.612. The molecule has 0 spiro atoms. The van der Waals surface area contributed by atoms with Gasteiger partial charge in [0.15, 0.2) is 0 Å². The number of rotatable bonds is 6. The third kappa shape index (κ3) is 4.82. The first kappa shape index (κ1) is 8.57. The second kappa shape index (κ2) is 5.16. The van der Waals surface area contributed by atoms with E-state index >= 15 is 0 Å². The molecule has 1 saturated carbocycles. The molecule has 1 fully saturated rings. The molecule has 0 aromatic heterocycles. The molecule has 0 saturated heterocycles. The Hall–Kier alpha value is -0.530. The van der Waals surface area contributed by atoms with E-state index in [-0.39, 0.29) is 0 Å². The van der Waals surface area contributed by atoms with Gasteiger partial charge in [0.25, 0.3) is 0 Å². The molecule has 63 valence electrons. The van der Waals surface area contributed by atoms with Crippen LogP contribution in [0.15, 0.2) is 5.16 Å². The summed E-state index contributed by atoms with van der Waals surface area (Å²) in [6.07, 6.45) is 9.03. The van der Waals surface area contributed by atoms with Crippen LogP contribution >= 0.6 is 0 Å². The molecule has 2 nitrogen and oxygen atoms in total. The molecular formula is C9H16NO. The van der Waals surface area contributed by atoms with E-state index < -0.39 is 0 Å². The van der Waals surface area contributed by atoms with Crippen LogP contribution in [-0.2, 0) is 4.84 Å². The Balaban J connectivity index is 1.79. The van der Waals surface area contributed by atoms with Crippen LogP contribution < -0.4 is 0 Å². The molecule has 0 heterocycles. The van der Waals surface area contributed by atoms with Gasteiger partial charge in [0, 0.05) is 5.92 Å². The van der Waals surface area contributed by atoms with Gasteiger partial charge in [-0.25, -0.2) is 0 Å². The Morgan fingerprint density at radius 1 is 1.45 bits per heavy atom. The zero-order valence-corrected chi connectivity index (χ0v) is 7.18. The molecule has 2 heteroatoms. The van der Waals surface area contributed by atoms with E-state index in [1.54, 1.807) is 0 Å². The first-order chi connectivity index (χ1) is 5.43. The van der Waals surface area contributed by atoms with Gasteiger partial charge in [-0.15, -0.1) is 0 Å².